The molecule has 1 nitrogen and oxygen atoms in total. The lowest BCUT2D eigenvalue weighted by molar-refractivity contribution is 0.265. The molecule has 0 spiro atoms. The monoisotopic (exact) mass is 122 g/mol. The second kappa shape index (κ2) is 2.70. The minimum atomic E-state index is -0.618. The van der Waals surface area contributed by atoms with Gasteiger partial charge in [0, 0.05) is 0 Å². The third-order valence-electron chi connectivity index (χ3n) is 1.59. The highest BCUT2D eigenvalue weighted by Gasteiger charge is 2.10. The number of rotatable bonds is 1. The van der Waals surface area contributed by atoms with E-state index in [2.05, 4.69) is 5.92 Å². The number of allylic oxidation sites excluding steroid dienone is 1. The van der Waals surface area contributed by atoms with Gasteiger partial charge in [0.05, 0.1) is 0 Å². The molecule has 0 amide bonds. The van der Waals surface area contributed by atoms with E-state index in [9.17, 15) is 0 Å². The summed E-state index contributed by atoms with van der Waals surface area (Å²) < 4.78 is 0. The molecule has 0 saturated carbocycles. The predicted octanol–water partition coefficient (Wildman–Crippen LogP) is 1.09. The van der Waals surface area contributed by atoms with Crippen LogP contribution in [-0.2, 0) is 0 Å². The quantitative estimate of drug-likeness (QED) is 0.407. The van der Waals surface area contributed by atoms with Crippen LogP contribution in [0.15, 0.2) is 11.6 Å². The van der Waals surface area contributed by atoms with Crippen molar-refractivity contribution >= 4 is 0 Å². The van der Waals surface area contributed by atoms with Gasteiger partial charge in [0.15, 0.2) is 0 Å². The van der Waals surface area contributed by atoms with Crippen LogP contribution in [0.5, 0.6) is 0 Å². The van der Waals surface area contributed by atoms with E-state index in [1.165, 1.54) is 0 Å². The van der Waals surface area contributed by atoms with Crippen molar-refractivity contribution in [3.63, 3.8) is 0 Å². The lowest BCUT2D eigenvalue weighted by Crippen LogP contribution is -2.04. The highest BCUT2D eigenvalue weighted by molar-refractivity contribution is 5.21. The largest absolute Gasteiger partial charge is 0.376 e. The first-order valence-electron chi connectivity index (χ1n) is 3.17. The zero-order chi connectivity index (χ0) is 6.69. The van der Waals surface area contributed by atoms with Crippen LogP contribution in [0.2, 0.25) is 0 Å². The van der Waals surface area contributed by atoms with Crippen molar-refractivity contribution in [1.29, 1.82) is 0 Å². The molecule has 1 rings (SSSR count). The second-order valence-corrected chi connectivity index (χ2v) is 2.24. The molecular weight excluding hydrogens is 112 g/mol. The summed E-state index contributed by atoms with van der Waals surface area (Å²) in [6.45, 7) is 0. The van der Waals surface area contributed by atoms with Crippen molar-refractivity contribution in [2.45, 2.75) is 25.4 Å². The third kappa shape index (κ3) is 1.34. The SMILES string of the molecule is C#CC(O)C1=CCCC1. The Morgan fingerprint density at radius 3 is 3.00 bits per heavy atom. The van der Waals surface area contributed by atoms with Crippen molar-refractivity contribution in [1.82, 2.24) is 0 Å². The van der Waals surface area contributed by atoms with Gasteiger partial charge in [-0.15, -0.1) is 6.42 Å². The summed E-state index contributed by atoms with van der Waals surface area (Å²) in [6, 6.07) is 0. The molecule has 1 atom stereocenters. The topological polar surface area (TPSA) is 20.2 Å². The molecule has 9 heavy (non-hydrogen) atoms. The molecule has 1 aliphatic rings. The maximum absolute atomic E-state index is 9.05. The van der Waals surface area contributed by atoms with Gasteiger partial charge in [0.25, 0.3) is 0 Å². The van der Waals surface area contributed by atoms with Gasteiger partial charge in [-0.25, -0.2) is 0 Å². The Kier molecular flexibility index (Phi) is 1.92. The Morgan fingerprint density at radius 2 is 2.56 bits per heavy atom. The zero-order valence-electron chi connectivity index (χ0n) is 5.30. The molecule has 0 heterocycles. The summed E-state index contributed by atoms with van der Waals surface area (Å²) in [6.07, 6.45) is 9.63. The van der Waals surface area contributed by atoms with Gasteiger partial charge < -0.3 is 5.11 Å². The molecule has 48 valence electrons. The van der Waals surface area contributed by atoms with Gasteiger partial charge >= 0.3 is 0 Å². The Balaban J connectivity index is 2.53. The fourth-order valence-electron chi connectivity index (χ4n) is 1.05. The lowest BCUT2D eigenvalue weighted by Gasteiger charge is -2.01. The summed E-state index contributed by atoms with van der Waals surface area (Å²) in [7, 11) is 0. The Morgan fingerprint density at radius 1 is 1.78 bits per heavy atom. The molecule has 0 aliphatic heterocycles. The molecule has 0 bridgehead atoms. The van der Waals surface area contributed by atoms with Gasteiger partial charge in [-0.05, 0) is 24.8 Å². The maximum Gasteiger partial charge on any atom is 0.136 e. The van der Waals surface area contributed by atoms with Gasteiger partial charge in [0.1, 0.15) is 6.10 Å². The molecule has 0 aromatic heterocycles. The fourth-order valence-corrected chi connectivity index (χ4v) is 1.05. The summed E-state index contributed by atoms with van der Waals surface area (Å²) in [5.41, 5.74) is 1.03. The normalized spacial score (nSPS) is 20.7. The van der Waals surface area contributed by atoms with E-state index in [-0.39, 0.29) is 0 Å². The third-order valence-corrected chi connectivity index (χ3v) is 1.59. The molecule has 0 saturated heterocycles. The van der Waals surface area contributed by atoms with E-state index in [1.54, 1.807) is 0 Å². The van der Waals surface area contributed by atoms with Crippen molar-refractivity contribution in [2.75, 3.05) is 0 Å². The molecule has 0 fully saturated rings. The Bertz CT molecular complexity index is 162. The molecule has 1 aliphatic carbocycles. The van der Waals surface area contributed by atoms with Crippen LogP contribution in [0.25, 0.3) is 0 Å². The molecule has 1 unspecified atom stereocenters. The van der Waals surface area contributed by atoms with Crippen LogP contribution < -0.4 is 0 Å². The number of terminal acetylenes is 1. The van der Waals surface area contributed by atoms with Crippen molar-refractivity contribution in [3.8, 4) is 12.3 Å². The molecular formula is C8H10O. The summed E-state index contributed by atoms with van der Waals surface area (Å²) in [4.78, 5) is 0. The summed E-state index contributed by atoms with van der Waals surface area (Å²) >= 11 is 0. The van der Waals surface area contributed by atoms with E-state index in [0.29, 0.717) is 0 Å². The molecule has 0 aromatic rings. The van der Waals surface area contributed by atoms with Crippen molar-refractivity contribution in [3.05, 3.63) is 11.6 Å². The van der Waals surface area contributed by atoms with E-state index in [0.717, 1.165) is 24.8 Å². The Hall–Kier alpha value is -0.740. The first-order chi connectivity index (χ1) is 4.34. The number of hydrogen-bond acceptors (Lipinski definition) is 1. The van der Waals surface area contributed by atoms with Gasteiger partial charge in [-0.2, -0.15) is 0 Å². The smallest absolute Gasteiger partial charge is 0.136 e. The average molecular weight is 122 g/mol. The first kappa shape index (κ1) is 6.38. The van der Waals surface area contributed by atoms with E-state index in [4.69, 9.17) is 11.5 Å². The van der Waals surface area contributed by atoms with Crippen molar-refractivity contribution < 1.29 is 5.11 Å². The summed E-state index contributed by atoms with van der Waals surface area (Å²) in [5.74, 6) is 2.29. The lowest BCUT2D eigenvalue weighted by atomic mass is 10.1. The van der Waals surface area contributed by atoms with Crippen LogP contribution in [-0.4, -0.2) is 11.2 Å². The Labute approximate surface area is 55.4 Å². The molecule has 0 aromatic carbocycles. The summed E-state index contributed by atoms with van der Waals surface area (Å²) in [5, 5.41) is 9.05. The van der Waals surface area contributed by atoms with Gasteiger partial charge in [0.2, 0.25) is 0 Å². The average Bonchev–Trinajstić information content (AvgIpc) is 2.37. The highest BCUT2D eigenvalue weighted by atomic mass is 16.3. The molecule has 1 N–H and O–H groups in total. The first-order valence-corrected chi connectivity index (χ1v) is 3.17. The zero-order valence-corrected chi connectivity index (χ0v) is 5.30. The van der Waals surface area contributed by atoms with Crippen LogP contribution >= 0.6 is 0 Å². The number of aliphatic hydroxyl groups is 1. The predicted molar refractivity (Wildman–Crippen MR) is 36.8 cm³/mol. The highest BCUT2D eigenvalue weighted by Crippen LogP contribution is 2.19. The minimum absolute atomic E-state index is 0.618. The second-order valence-electron chi connectivity index (χ2n) is 2.24. The van der Waals surface area contributed by atoms with Crippen LogP contribution in [0.3, 0.4) is 0 Å². The van der Waals surface area contributed by atoms with Crippen LogP contribution in [0.4, 0.5) is 0 Å². The van der Waals surface area contributed by atoms with E-state index in [1.807, 2.05) is 6.08 Å². The van der Waals surface area contributed by atoms with E-state index >= 15 is 0 Å². The van der Waals surface area contributed by atoms with Crippen LogP contribution in [0, 0.1) is 12.3 Å². The number of hydrogen-bond donors (Lipinski definition) is 1. The molecule has 0 radical (unpaired) electrons. The fraction of sp³-hybridized carbons (Fsp3) is 0.500. The van der Waals surface area contributed by atoms with Crippen molar-refractivity contribution in [2.24, 2.45) is 0 Å². The minimum Gasteiger partial charge on any atom is -0.376 e. The molecule has 1 heteroatoms. The van der Waals surface area contributed by atoms with Gasteiger partial charge in [-0.1, -0.05) is 12.0 Å². The van der Waals surface area contributed by atoms with Crippen LogP contribution in [0.1, 0.15) is 19.3 Å². The number of aliphatic hydroxyl groups excluding tert-OH is 1. The van der Waals surface area contributed by atoms with E-state index < -0.39 is 6.10 Å². The standard InChI is InChI=1S/C8H10O/c1-2-8(9)7-5-3-4-6-7/h1,5,8-9H,3-4,6H2. The van der Waals surface area contributed by atoms with Gasteiger partial charge in [-0.3, -0.25) is 0 Å². The maximum atomic E-state index is 9.05.